The van der Waals surface area contributed by atoms with E-state index in [4.69, 9.17) is 4.74 Å². The standard InChI is InChI=1S/C17H27NOS/c1-14-11-17(20-13-15-5-3-4-6-15)8-7-16(14)12-18-9-10-19-2/h7-8,11,15,18H,3-6,9-10,12-13H2,1-2H3. The van der Waals surface area contributed by atoms with Crippen molar-refractivity contribution >= 4 is 11.8 Å². The van der Waals surface area contributed by atoms with E-state index in [1.54, 1.807) is 7.11 Å². The molecule has 1 aromatic carbocycles. The fourth-order valence-electron chi connectivity index (χ4n) is 2.74. The molecule has 0 unspecified atom stereocenters. The van der Waals surface area contributed by atoms with Crippen LogP contribution < -0.4 is 5.32 Å². The summed E-state index contributed by atoms with van der Waals surface area (Å²) in [4.78, 5) is 1.43. The fourth-order valence-corrected chi connectivity index (χ4v) is 3.93. The summed E-state index contributed by atoms with van der Waals surface area (Å²) >= 11 is 2.03. The van der Waals surface area contributed by atoms with E-state index in [9.17, 15) is 0 Å². The van der Waals surface area contributed by atoms with Crippen molar-refractivity contribution in [3.8, 4) is 0 Å². The molecule has 0 spiro atoms. The van der Waals surface area contributed by atoms with Gasteiger partial charge in [0, 0.05) is 30.8 Å². The van der Waals surface area contributed by atoms with Crippen molar-refractivity contribution in [2.75, 3.05) is 26.0 Å². The van der Waals surface area contributed by atoms with Gasteiger partial charge in [-0.1, -0.05) is 18.9 Å². The minimum absolute atomic E-state index is 0.772. The van der Waals surface area contributed by atoms with Crippen molar-refractivity contribution < 1.29 is 4.74 Å². The summed E-state index contributed by atoms with van der Waals surface area (Å²) in [5.74, 6) is 2.25. The maximum absolute atomic E-state index is 5.04. The number of thioether (sulfide) groups is 1. The van der Waals surface area contributed by atoms with Crippen molar-refractivity contribution in [1.29, 1.82) is 0 Å². The Bertz CT molecular complexity index is 402. The van der Waals surface area contributed by atoms with Crippen LogP contribution in [0.5, 0.6) is 0 Å². The van der Waals surface area contributed by atoms with Gasteiger partial charge in [0.2, 0.25) is 0 Å². The zero-order chi connectivity index (χ0) is 14.2. The first-order valence-corrected chi connectivity index (χ1v) is 8.70. The molecule has 2 nitrogen and oxygen atoms in total. The molecule has 0 saturated heterocycles. The van der Waals surface area contributed by atoms with Crippen molar-refractivity contribution in [2.45, 2.75) is 44.0 Å². The highest BCUT2D eigenvalue weighted by Gasteiger charge is 2.15. The number of aryl methyl sites for hydroxylation is 1. The summed E-state index contributed by atoms with van der Waals surface area (Å²) < 4.78 is 5.04. The molecule has 0 radical (unpaired) electrons. The molecule has 0 aliphatic heterocycles. The van der Waals surface area contributed by atoms with Gasteiger partial charge < -0.3 is 10.1 Å². The third kappa shape index (κ3) is 5.12. The van der Waals surface area contributed by atoms with Gasteiger partial charge in [0.15, 0.2) is 0 Å². The monoisotopic (exact) mass is 293 g/mol. The molecule has 1 saturated carbocycles. The molecule has 0 heterocycles. The molecule has 1 N–H and O–H groups in total. The van der Waals surface area contributed by atoms with E-state index in [-0.39, 0.29) is 0 Å². The first-order chi connectivity index (χ1) is 9.79. The van der Waals surface area contributed by atoms with Gasteiger partial charge >= 0.3 is 0 Å². The largest absolute Gasteiger partial charge is 0.383 e. The van der Waals surface area contributed by atoms with Crippen LogP contribution in [-0.4, -0.2) is 26.0 Å². The molecular formula is C17H27NOS. The van der Waals surface area contributed by atoms with Gasteiger partial charge in [0.05, 0.1) is 6.61 Å². The number of methoxy groups -OCH3 is 1. The highest BCUT2D eigenvalue weighted by atomic mass is 32.2. The van der Waals surface area contributed by atoms with Crippen LogP contribution in [0.2, 0.25) is 0 Å². The molecule has 3 heteroatoms. The predicted octanol–water partition coefficient (Wildman–Crippen LogP) is 4.01. The van der Waals surface area contributed by atoms with E-state index >= 15 is 0 Å². The number of benzene rings is 1. The highest BCUT2D eigenvalue weighted by molar-refractivity contribution is 7.99. The fraction of sp³-hybridized carbons (Fsp3) is 0.647. The predicted molar refractivity (Wildman–Crippen MR) is 87.4 cm³/mol. The van der Waals surface area contributed by atoms with Gasteiger partial charge in [-0.25, -0.2) is 0 Å². The van der Waals surface area contributed by atoms with Crippen LogP contribution in [0.4, 0.5) is 0 Å². The second-order valence-electron chi connectivity index (χ2n) is 5.72. The lowest BCUT2D eigenvalue weighted by atomic mass is 10.1. The minimum atomic E-state index is 0.772. The second kappa shape index (κ2) is 8.71. The van der Waals surface area contributed by atoms with Crippen LogP contribution in [-0.2, 0) is 11.3 Å². The van der Waals surface area contributed by atoms with E-state index in [0.717, 1.165) is 25.6 Å². The van der Waals surface area contributed by atoms with E-state index in [1.807, 2.05) is 11.8 Å². The smallest absolute Gasteiger partial charge is 0.0587 e. The average Bonchev–Trinajstić information content (AvgIpc) is 2.96. The quantitative estimate of drug-likeness (QED) is 0.578. The van der Waals surface area contributed by atoms with E-state index in [2.05, 4.69) is 30.4 Å². The highest BCUT2D eigenvalue weighted by Crippen LogP contribution is 2.31. The molecule has 0 atom stereocenters. The van der Waals surface area contributed by atoms with Crippen molar-refractivity contribution in [2.24, 2.45) is 5.92 Å². The molecule has 112 valence electrons. The number of rotatable bonds is 8. The Morgan fingerprint density at radius 2 is 2.10 bits per heavy atom. The van der Waals surface area contributed by atoms with Crippen LogP contribution >= 0.6 is 11.8 Å². The van der Waals surface area contributed by atoms with E-state index < -0.39 is 0 Å². The summed E-state index contributed by atoms with van der Waals surface area (Å²) in [6.07, 6.45) is 5.76. The molecular weight excluding hydrogens is 266 g/mol. The van der Waals surface area contributed by atoms with Crippen LogP contribution in [0.15, 0.2) is 23.1 Å². The maximum atomic E-state index is 5.04. The summed E-state index contributed by atoms with van der Waals surface area (Å²) in [5.41, 5.74) is 2.79. The summed E-state index contributed by atoms with van der Waals surface area (Å²) in [5, 5.41) is 3.41. The van der Waals surface area contributed by atoms with Gasteiger partial charge in [0.25, 0.3) is 0 Å². The van der Waals surface area contributed by atoms with Crippen molar-refractivity contribution in [3.05, 3.63) is 29.3 Å². The number of ether oxygens (including phenoxy) is 1. The van der Waals surface area contributed by atoms with Crippen molar-refractivity contribution in [3.63, 3.8) is 0 Å². The second-order valence-corrected chi connectivity index (χ2v) is 6.81. The Hall–Kier alpha value is -0.510. The summed E-state index contributed by atoms with van der Waals surface area (Å²) in [6, 6.07) is 6.89. The van der Waals surface area contributed by atoms with Crippen LogP contribution in [0, 0.1) is 12.8 Å². The van der Waals surface area contributed by atoms with Gasteiger partial charge in [-0.3, -0.25) is 0 Å². The average molecular weight is 293 g/mol. The van der Waals surface area contributed by atoms with Crippen molar-refractivity contribution in [1.82, 2.24) is 5.32 Å². The molecule has 0 aromatic heterocycles. The van der Waals surface area contributed by atoms with E-state index in [0.29, 0.717) is 0 Å². The number of nitrogens with one attached hydrogen (secondary N) is 1. The third-order valence-corrected chi connectivity index (χ3v) is 5.30. The Balaban J connectivity index is 1.78. The molecule has 1 fully saturated rings. The zero-order valence-electron chi connectivity index (χ0n) is 12.8. The van der Waals surface area contributed by atoms with Crippen LogP contribution in [0.1, 0.15) is 36.8 Å². The summed E-state index contributed by atoms with van der Waals surface area (Å²) in [7, 11) is 1.74. The first-order valence-electron chi connectivity index (χ1n) is 7.71. The maximum Gasteiger partial charge on any atom is 0.0587 e. The van der Waals surface area contributed by atoms with Gasteiger partial charge in [-0.05, 0) is 48.9 Å². The number of hydrogen-bond donors (Lipinski definition) is 1. The van der Waals surface area contributed by atoms with Gasteiger partial charge in [0.1, 0.15) is 0 Å². The lowest BCUT2D eigenvalue weighted by Crippen LogP contribution is -2.19. The normalized spacial score (nSPS) is 15.9. The topological polar surface area (TPSA) is 21.3 Å². The van der Waals surface area contributed by atoms with Crippen LogP contribution in [0.25, 0.3) is 0 Å². The lowest BCUT2D eigenvalue weighted by Gasteiger charge is -2.11. The molecule has 20 heavy (non-hydrogen) atoms. The van der Waals surface area contributed by atoms with Gasteiger partial charge in [-0.15, -0.1) is 11.8 Å². The Kier molecular flexibility index (Phi) is 6.91. The first kappa shape index (κ1) is 15.9. The zero-order valence-corrected chi connectivity index (χ0v) is 13.6. The Morgan fingerprint density at radius 3 is 2.80 bits per heavy atom. The molecule has 1 aromatic rings. The molecule has 1 aliphatic rings. The molecule has 2 rings (SSSR count). The Morgan fingerprint density at radius 1 is 1.30 bits per heavy atom. The van der Waals surface area contributed by atoms with Crippen LogP contribution in [0.3, 0.4) is 0 Å². The Labute approximate surface area is 127 Å². The number of hydrogen-bond acceptors (Lipinski definition) is 3. The third-order valence-electron chi connectivity index (χ3n) is 4.07. The molecule has 1 aliphatic carbocycles. The SMILES string of the molecule is COCCNCc1ccc(SCC2CCCC2)cc1C. The molecule has 0 amide bonds. The van der Waals surface area contributed by atoms with E-state index in [1.165, 1.54) is 47.5 Å². The molecule has 0 bridgehead atoms. The minimum Gasteiger partial charge on any atom is -0.383 e. The van der Waals surface area contributed by atoms with Gasteiger partial charge in [-0.2, -0.15) is 0 Å². The lowest BCUT2D eigenvalue weighted by molar-refractivity contribution is 0.199. The summed E-state index contributed by atoms with van der Waals surface area (Å²) in [6.45, 7) is 4.83.